The van der Waals surface area contributed by atoms with Gasteiger partial charge in [0, 0.05) is 6.54 Å². The number of amides is 2. The van der Waals surface area contributed by atoms with Crippen LogP contribution in [0.15, 0.2) is 0 Å². The lowest BCUT2D eigenvalue weighted by Crippen LogP contribution is -2.45. The predicted octanol–water partition coefficient (Wildman–Crippen LogP) is -3.34. The molecule has 82 valence electrons. The Labute approximate surface area is 81.1 Å². The van der Waals surface area contributed by atoms with Crippen molar-refractivity contribution in [1.82, 2.24) is 5.32 Å². The van der Waals surface area contributed by atoms with Gasteiger partial charge in [-0.2, -0.15) is 0 Å². The van der Waals surface area contributed by atoms with E-state index in [9.17, 15) is 9.59 Å². The fraction of sp³-hybridized carbons (Fsp3) is 0.714. The predicted molar refractivity (Wildman–Crippen MR) is 47.9 cm³/mol. The monoisotopic (exact) mass is 205 g/mol. The molecule has 2 unspecified atom stereocenters. The zero-order chi connectivity index (χ0) is 11.1. The van der Waals surface area contributed by atoms with Crippen LogP contribution >= 0.6 is 0 Å². The van der Waals surface area contributed by atoms with Crippen LogP contribution in [0.3, 0.4) is 0 Å². The zero-order valence-electron chi connectivity index (χ0n) is 7.64. The zero-order valence-corrected chi connectivity index (χ0v) is 7.64. The number of nitrogens with two attached hydrogens (primary N) is 2. The quantitative estimate of drug-likeness (QED) is 0.308. The molecule has 0 saturated carbocycles. The molecule has 0 fully saturated rings. The molecule has 0 bridgehead atoms. The molecule has 0 aromatic rings. The molecule has 0 aromatic heterocycles. The van der Waals surface area contributed by atoms with Crippen LogP contribution in [0.5, 0.6) is 0 Å². The van der Waals surface area contributed by atoms with Crippen LogP contribution in [0.25, 0.3) is 0 Å². The number of nitrogens with one attached hydrogen (secondary N) is 1. The smallest absolute Gasteiger partial charge is 0.237 e. The first-order chi connectivity index (χ1) is 6.47. The highest BCUT2D eigenvalue weighted by Gasteiger charge is 2.16. The van der Waals surface area contributed by atoms with E-state index in [0.29, 0.717) is 0 Å². The molecule has 0 spiro atoms. The molecular formula is C7H15N3O4. The Kier molecular flexibility index (Phi) is 5.77. The summed E-state index contributed by atoms with van der Waals surface area (Å²) in [7, 11) is 0. The van der Waals surface area contributed by atoms with Crippen LogP contribution in [0.4, 0.5) is 0 Å². The van der Waals surface area contributed by atoms with Crippen molar-refractivity contribution in [2.75, 3.05) is 13.2 Å². The molecule has 0 aliphatic heterocycles. The number of aliphatic hydroxyl groups excluding tert-OH is 2. The second-order valence-electron chi connectivity index (χ2n) is 2.86. The number of carbonyl (C=O) groups excluding carboxylic acids is 2. The summed E-state index contributed by atoms with van der Waals surface area (Å²) < 4.78 is 0. The fourth-order valence-corrected chi connectivity index (χ4v) is 0.723. The van der Waals surface area contributed by atoms with E-state index in [1.165, 1.54) is 0 Å². The summed E-state index contributed by atoms with van der Waals surface area (Å²) in [5, 5.41) is 19.6. The lowest BCUT2D eigenvalue weighted by molar-refractivity contribution is -0.126. The number of carbonyl (C=O) groups is 2. The molecule has 7 N–H and O–H groups in total. The van der Waals surface area contributed by atoms with E-state index >= 15 is 0 Å². The maximum Gasteiger partial charge on any atom is 0.237 e. The molecule has 2 amide bonds. The number of aliphatic hydroxyl groups is 2. The van der Waals surface area contributed by atoms with Crippen molar-refractivity contribution >= 4 is 11.8 Å². The van der Waals surface area contributed by atoms with Gasteiger partial charge in [0.05, 0.1) is 25.2 Å². The van der Waals surface area contributed by atoms with Gasteiger partial charge < -0.3 is 27.0 Å². The highest BCUT2D eigenvalue weighted by Crippen LogP contribution is 1.87. The van der Waals surface area contributed by atoms with Gasteiger partial charge >= 0.3 is 0 Å². The molecule has 0 heterocycles. The summed E-state index contributed by atoms with van der Waals surface area (Å²) in [6.45, 7) is -0.562. The van der Waals surface area contributed by atoms with Gasteiger partial charge in [-0.3, -0.25) is 9.59 Å². The van der Waals surface area contributed by atoms with Crippen molar-refractivity contribution < 1.29 is 19.8 Å². The lowest BCUT2D eigenvalue weighted by atomic mass is 10.2. The van der Waals surface area contributed by atoms with Gasteiger partial charge in [0.15, 0.2) is 0 Å². The second-order valence-corrected chi connectivity index (χ2v) is 2.86. The summed E-state index contributed by atoms with van der Waals surface area (Å²) in [4.78, 5) is 21.4. The molecule has 14 heavy (non-hydrogen) atoms. The van der Waals surface area contributed by atoms with E-state index in [0.717, 1.165) is 0 Å². The van der Waals surface area contributed by atoms with Gasteiger partial charge in [-0.05, 0) is 0 Å². The molecule has 0 saturated heterocycles. The highest BCUT2D eigenvalue weighted by molar-refractivity contribution is 5.87. The maximum absolute atomic E-state index is 11.1. The standard InChI is InChI=1S/C7H15N3O4/c8-5(1-6(9)13)7(14)10-2-4(12)3-11/h4-5,11-12H,1-3,8H2,(H2,9,13)(H,10,14). The molecule has 0 aliphatic carbocycles. The van der Waals surface area contributed by atoms with E-state index in [4.69, 9.17) is 21.7 Å². The average Bonchev–Trinajstić information content (AvgIpc) is 2.12. The Bertz CT molecular complexity index is 209. The summed E-state index contributed by atoms with van der Waals surface area (Å²) in [5.74, 6) is -1.26. The summed E-state index contributed by atoms with van der Waals surface area (Å²) >= 11 is 0. The van der Waals surface area contributed by atoms with Crippen molar-refractivity contribution in [2.24, 2.45) is 11.5 Å². The Balaban J connectivity index is 3.78. The molecule has 0 aromatic carbocycles. The van der Waals surface area contributed by atoms with E-state index in [-0.39, 0.29) is 13.0 Å². The third kappa shape index (κ3) is 5.46. The van der Waals surface area contributed by atoms with Gasteiger partial charge in [0.25, 0.3) is 0 Å². The third-order valence-electron chi connectivity index (χ3n) is 1.48. The number of rotatable bonds is 6. The number of hydrogen-bond acceptors (Lipinski definition) is 5. The van der Waals surface area contributed by atoms with Crippen LogP contribution in [-0.4, -0.2) is 47.3 Å². The second kappa shape index (κ2) is 6.30. The molecule has 2 atom stereocenters. The molecular weight excluding hydrogens is 190 g/mol. The van der Waals surface area contributed by atoms with Gasteiger partial charge in [-0.1, -0.05) is 0 Å². The summed E-state index contributed by atoms with van der Waals surface area (Å²) in [6.07, 6.45) is -1.28. The van der Waals surface area contributed by atoms with Crippen LogP contribution in [0.2, 0.25) is 0 Å². The lowest BCUT2D eigenvalue weighted by Gasteiger charge is -2.12. The van der Waals surface area contributed by atoms with Crippen molar-refractivity contribution in [3.05, 3.63) is 0 Å². The molecule has 0 aliphatic rings. The Hall–Kier alpha value is -1.18. The molecule has 7 nitrogen and oxygen atoms in total. The highest BCUT2D eigenvalue weighted by atomic mass is 16.3. The topological polar surface area (TPSA) is 139 Å². The van der Waals surface area contributed by atoms with Gasteiger partial charge in [-0.25, -0.2) is 0 Å². The van der Waals surface area contributed by atoms with Gasteiger partial charge in [-0.15, -0.1) is 0 Å². The Morgan fingerprint density at radius 1 is 1.43 bits per heavy atom. The molecule has 0 radical (unpaired) electrons. The number of hydrogen-bond donors (Lipinski definition) is 5. The fourth-order valence-electron chi connectivity index (χ4n) is 0.723. The van der Waals surface area contributed by atoms with Crippen molar-refractivity contribution in [3.63, 3.8) is 0 Å². The first-order valence-corrected chi connectivity index (χ1v) is 4.08. The molecule has 7 heteroatoms. The van der Waals surface area contributed by atoms with Crippen molar-refractivity contribution in [1.29, 1.82) is 0 Å². The van der Waals surface area contributed by atoms with Crippen molar-refractivity contribution in [3.8, 4) is 0 Å². The number of primary amides is 1. The minimum absolute atomic E-state index is 0.109. The Morgan fingerprint density at radius 3 is 2.43 bits per heavy atom. The summed E-state index contributed by atoms with van der Waals surface area (Å²) in [6, 6.07) is -1.02. The van der Waals surface area contributed by atoms with E-state index in [1.54, 1.807) is 0 Å². The average molecular weight is 205 g/mol. The summed E-state index contributed by atoms with van der Waals surface area (Å²) in [5.41, 5.74) is 10.1. The third-order valence-corrected chi connectivity index (χ3v) is 1.48. The SMILES string of the molecule is NC(=O)CC(N)C(=O)NCC(O)CO. The minimum atomic E-state index is -1.03. The molecule has 0 rings (SSSR count). The van der Waals surface area contributed by atoms with Crippen LogP contribution in [-0.2, 0) is 9.59 Å². The van der Waals surface area contributed by atoms with E-state index in [1.807, 2.05) is 0 Å². The van der Waals surface area contributed by atoms with E-state index < -0.39 is 30.6 Å². The largest absolute Gasteiger partial charge is 0.394 e. The first-order valence-electron chi connectivity index (χ1n) is 4.08. The van der Waals surface area contributed by atoms with Crippen LogP contribution < -0.4 is 16.8 Å². The maximum atomic E-state index is 11.1. The van der Waals surface area contributed by atoms with E-state index in [2.05, 4.69) is 5.32 Å². The Morgan fingerprint density at radius 2 is 2.00 bits per heavy atom. The minimum Gasteiger partial charge on any atom is -0.394 e. The van der Waals surface area contributed by atoms with Gasteiger partial charge in [0.1, 0.15) is 0 Å². The normalized spacial score (nSPS) is 14.5. The van der Waals surface area contributed by atoms with Crippen LogP contribution in [0, 0.1) is 0 Å². The van der Waals surface area contributed by atoms with Crippen molar-refractivity contribution in [2.45, 2.75) is 18.6 Å². The van der Waals surface area contributed by atoms with Gasteiger partial charge in [0.2, 0.25) is 11.8 Å². The van der Waals surface area contributed by atoms with Crippen LogP contribution in [0.1, 0.15) is 6.42 Å². The first kappa shape index (κ1) is 12.8.